The zero-order chi connectivity index (χ0) is 8.15. The molecule has 0 amide bonds. The third-order valence-electron chi connectivity index (χ3n) is 0.854. The molecule has 58 valence electrons. The van der Waals surface area contributed by atoms with Crippen LogP contribution in [0.15, 0.2) is 0 Å². The van der Waals surface area contributed by atoms with E-state index in [9.17, 15) is 4.79 Å². The maximum absolute atomic E-state index is 10.6. The van der Waals surface area contributed by atoms with E-state index in [-0.39, 0.29) is 5.71 Å². The predicted octanol–water partition coefficient (Wildman–Crippen LogP) is 1.23. The molecule has 0 aromatic rings. The lowest BCUT2D eigenvalue weighted by molar-refractivity contribution is -0.136. The molecule has 0 saturated heterocycles. The van der Waals surface area contributed by atoms with Crippen molar-refractivity contribution in [2.24, 2.45) is 5.92 Å². The molecule has 0 bridgehead atoms. The van der Waals surface area contributed by atoms with Gasteiger partial charge in [0.2, 0.25) is 0 Å². The average molecular weight is 143 g/mol. The van der Waals surface area contributed by atoms with Crippen LogP contribution in [0.1, 0.15) is 20.8 Å². The molecular weight excluding hydrogens is 130 g/mol. The van der Waals surface area contributed by atoms with Crippen LogP contribution in [0.25, 0.3) is 0 Å². The van der Waals surface area contributed by atoms with Crippen molar-refractivity contribution in [1.82, 2.24) is 0 Å². The van der Waals surface area contributed by atoms with Crippen LogP contribution >= 0.6 is 0 Å². The summed E-state index contributed by atoms with van der Waals surface area (Å²) in [5, 5.41) is 6.87. The molecule has 0 saturated carbocycles. The number of rotatable bonds is 3. The van der Waals surface area contributed by atoms with E-state index < -0.39 is 5.97 Å². The molecule has 0 fully saturated rings. The number of esters is 1. The fourth-order valence-electron chi connectivity index (χ4n) is 0.351. The van der Waals surface area contributed by atoms with Gasteiger partial charge in [0.1, 0.15) is 5.71 Å². The Bertz CT molecular complexity index is 141. The van der Waals surface area contributed by atoms with Gasteiger partial charge in [0, 0.05) is 0 Å². The van der Waals surface area contributed by atoms with Gasteiger partial charge in [-0.15, -0.1) is 0 Å². The van der Waals surface area contributed by atoms with Crippen LogP contribution in [0.2, 0.25) is 0 Å². The minimum absolute atomic E-state index is 0.0411. The van der Waals surface area contributed by atoms with Crippen molar-refractivity contribution in [3.8, 4) is 0 Å². The number of carbonyl (C=O) groups excluding carboxylic acids is 1. The largest absolute Gasteiger partial charge is 0.461 e. The van der Waals surface area contributed by atoms with E-state index in [1.54, 1.807) is 0 Å². The van der Waals surface area contributed by atoms with Crippen molar-refractivity contribution in [3.05, 3.63) is 0 Å². The standard InChI is InChI=1S/C7H13NO2/c1-5(2)4-10-7(9)6(3)8/h5,8H,4H2,1-3H3. The summed E-state index contributed by atoms with van der Waals surface area (Å²) in [6.45, 7) is 5.72. The van der Waals surface area contributed by atoms with Gasteiger partial charge in [-0.05, 0) is 12.8 Å². The highest BCUT2D eigenvalue weighted by molar-refractivity contribution is 6.33. The normalized spacial score (nSPS) is 9.60. The second-order valence-electron chi connectivity index (χ2n) is 2.62. The minimum atomic E-state index is -0.520. The first-order chi connectivity index (χ1) is 4.54. The summed E-state index contributed by atoms with van der Waals surface area (Å²) in [5.41, 5.74) is -0.0411. The number of hydrogen-bond donors (Lipinski definition) is 1. The highest BCUT2D eigenvalue weighted by Crippen LogP contribution is 1.92. The molecule has 0 unspecified atom stereocenters. The molecule has 1 N–H and O–H groups in total. The molecule has 0 aliphatic carbocycles. The third kappa shape index (κ3) is 4.06. The zero-order valence-electron chi connectivity index (χ0n) is 6.60. The van der Waals surface area contributed by atoms with Gasteiger partial charge in [0.05, 0.1) is 6.61 Å². The summed E-state index contributed by atoms with van der Waals surface area (Å²) in [6, 6.07) is 0. The monoisotopic (exact) mass is 143 g/mol. The summed E-state index contributed by atoms with van der Waals surface area (Å²) in [4.78, 5) is 10.6. The molecule has 0 radical (unpaired) electrons. The van der Waals surface area contributed by atoms with E-state index in [0.29, 0.717) is 12.5 Å². The van der Waals surface area contributed by atoms with E-state index >= 15 is 0 Å². The second kappa shape index (κ2) is 4.04. The Hall–Kier alpha value is -0.860. The second-order valence-corrected chi connectivity index (χ2v) is 2.62. The van der Waals surface area contributed by atoms with Gasteiger partial charge in [-0.3, -0.25) is 5.41 Å². The maximum Gasteiger partial charge on any atom is 0.351 e. The summed E-state index contributed by atoms with van der Waals surface area (Å²) in [5.74, 6) is -0.183. The van der Waals surface area contributed by atoms with Gasteiger partial charge in [-0.1, -0.05) is 13.8 Å². The van der Waals surface area contributed by atoms with Gasteiger partial charge in [0.25, 0.3) is 0 Å². The SMILES string of the molecule is CC(=N)C(=O)OCC(C)C. The highest BCUT2D eigenvalue weighted by Gasteiger charge is 2.04. The first-order valence-electron chi connectivity index (χ1n) is 3.26. The van der Waals surface area contributed by atoms with Crippen LogP contribution in [0, 0.1) is 11.3 Å². The Kier molecular flexibility index (Phi) is 3.69. The van der Waals surface area contributed by atoms with Crippen molar-refractivity contribution >= 4 is 11.7 Å². The lowest BCUT2D eigenvalue weighted by Crippen LogP contribution is -2.16. The van der Waals surface area contributed by atoms with Gasteiger partial charge >= 0.3 is 5.97 Å². The Balaban J connectivity index is 3.50. The van der Waals surface area contributed by atoms with Crippen LogP contribution in [-0.4, -0.2) is 18.3 Å². The number of nitrogens with one attached hydrogen (secondary N) is 1. The molecule has 0 rings (SSSR count). The predicted molar refractivity (Wildman–Crippen MR) is 39.2 cm³/mol. The molecule has 0 aliphatic rings. The quantitative estimate of drug-likeness (QED) is 0.477. The molecule has 0 aliphatic heterocycles. The molecule has 3 heteroatoms. The molecule has 3 nitrogen and oxygen atoms in total. The number of carbonyl (C=O) groups is 1. The molecule has 0 aromatic carbocycles. The topological polar surface area (TPSA) is 50.2 Å². The minimum Gasteiger partial charge on any atom is -0.461 e. The fourth-order valence-corrected chi connectivity index (χ4v) is 0.351. The summed E-state index contributed by atoms with van der Waals surface area (Å²) in [6.07, 6.45) is 0. The van der Waals surface area contributed by atoms with Crippen LogP contribution in [-0.2, 0) is 9.53 Å². The van der Waals surface area contributed by atoms with E-state index in [2.05, 4.69) is 0 Å². The molecule has 0 aromatic heterocycles. The van der Waals surface area contributed by atoms with Gasteiger partial charge in [0.15, 0.2) is 0 Å². The zero-order valence-corrected chi connectivity index (χ0v) is 6.60. The maximum atomic E-state index is 10.6. The van der Waals surface area contributed by atoms with Gasteiger partial charge in [-0.2, -0.15) is 0 Å². The van der Waals surface area contributed by atoms with Gasteiger partial charge < -0.3 is 4.74 Å². The van der Waals surface area contributed by atoms with Crippen molar-refractivity contribution < 1.29 is 9.53 Å². The molecule has 0 heterocycles. The van der Waals surface area contributed by atoms with Crippen molar-refractivity contribution in [3.63, 3.8) is 0 Å². The average Bonchev–Trinajstić information content (AvgIpc) is 1.82. The highest BCUT2D eigenvalue weighted by atomic mass is 16.5. The van der Waals surface area contributed by atoms with E-state index in [1.807, 2.05) is 13.8 Å². The summed E-state index contributed by atoms with van der Waals surface area (Å²) < 4.78 is 4.70. The summed E-state index contributed by atoms with van der Waals surface area (Å²) in [7, 11) is 0. The van der Waals surface area contributed by atoms with E-state index in [0.717, 1.165) is 0 Å². The first kappa shape index (κ1) is 9.14. The summed E-state index contributed by atoms with van der Waals surface area (Å²) >= 11 is 0. The molecule has 10 heavy (non-hydrogen) atoms. The number of hydrogen-bond acceptors (Lipinski definition) is 3. The molecular formula is C7H13NO2. The first-order valence-corrected chi connectivity index (χ1v) is 3.26. The van der Waals surface area contributed by atoms with E-state index in [4.69, 9.17) is 10.1 Å². The smallest absolute Gasteiger partial charge is 0.351 e. The lowest BCUT2D eigenvalue weighted by atomic mass is 10.2. The Morgan fingerprint density at radius 1 is 1.60 bits per heavy atom. The van der Waals surface area contributed by atoms with Crippen LogP contribution < -0.4 is 0 Å². The van der Waals surface area contributed by atoms with Crippen molar-refractivity contribution in [1.29, 1.82) is 5.41 Å². The van der Waals surface area contributed by atoms with Crippen LogP contribution in [0.3, 0.4) is 0 Å². The van der Waals surface area contributed by atoms with Crippen molar-refractivity contribution in [2.45, 2.75) is 20.8 Å². The van der Waals surface area contributed by atoms with E-state index in [1.165, 1.54) is 6.92 Å². The third-order valence-corrected chi connectivity index (χ3v) is 0.854. The number of ether oxygens (including phenoxy) is 1. The lowest BCUT2D eigenvalue weighted by Gasteiger charge is -2.04. The Morgan fingerprint density at radius 3 is 2.40 bits per heavy atom. The molecule has 0 atom stereocenters. The van der Waals surface area contributed by atoms with Crippen LogP contribution in [0.5, 0.6) is 0 Å². The van der Waals surface area contributed by atoms with Crippen LogP contribution in [0.4, 0.5) is 0 Å². The molecule has 0 spiro atoms. The van der Waals surface area contributed by atoms with Crippen molar-refractivity contribution in [2.75, 3.05) is 6.61 Å². The Morgan fingerprint density at radius 2 is 2.10 bits per heavy atom. The fraction of sp³-hybridized carbons (Fsp3) is 0.714. The Labute approximate surface area is 60.9 Å². The van der Waals surface area contributed by atoms with Gasteiger partial charge in [-0.25, -0.2) is 4.79 Å².